The number of aliphatic hydroxyl groups is 1. The summed E-state index contributed by atoms with van der Waals surface area (Å²) in [5, 5.41) is 18.2. The van der Waals surface area contributed by atoms with Crippen molar-refractivity contribution in [1.82, 2.24) is 4.90 Å². The molecule has 0 aliphatic carbocycles. The van der Waals surface area contributed by atoms with Gasteiger partial charge in [0.2, 0.25) is 0 Å². The SMILES string of the molecule is CC(C)(C)N(CCc1cccc(CO)c1)C(=O)O. The Labute approximate surface area is 108 Å². The molecule has 1 aromatic rings. The van der Waals surface area contributed by atoms with E-state index in [1.54, 1.807) is 0 Å². The fraction of sp³-hybridized carbons (Fsp3) is 0.500. The van der Waals surface area contributed by atoms with Crippen LogP contribution in [-0.4, -0.2) is 33.3 Å². The van der Waals surface area contributed by atoms with Crippen molar-refractivity contribution in [3.63, 3.8) is 0 Å². The van der Waals surface area contributed by atoms with Crippen LogP contribution in [0.3, 0.4) is 0 Å². The van der Waals surface area contributed by atoms with Crippen molar-refractivity contribution in [3.05, 3.63) is 35.4 Å². The predicted molar refractivity (Wildman–Crippen MR) is 70.6 cm³/mol. The molecule has 0 fully saturated rings. The summed E-state index contributed by atoms with van der Waals surface area (Å²) in [6.45, 7) is 6.10. The largest absolute Gasteiger partial charge is 0.465 e. The molecule has 1 amide bonds. The number of amides is 1. The molecular weight excluding hydrogens is 230 g/mol. The fourth-order valence-electron chi connectivity index (χ4n) is 1.84. The summed E-state index contributed by atoms with van der Waals surface area (Å²) in [6, 6.07) is 7.58. The maximum absolute atomic E-state index is 11.2. The molecule has 0 bridgehead atoms. The van der Waals surface area contributed by atoms with E-state index in [-0.39, 0.29) is 6.61 Å². The van der Waals surface area contributed by atoms with E-state index in [0.717, 1.165) is 11.1 Å². The molecule has 1 rings (SSSR count). The second-order valence-electron chi connectivity index (χ2n) is 5.33. The smallest absolute Gasteiger partial charge is 0.407 e. The molecule has 0 atom stereocenters. The van der Waals surface area contributed by atoms with E-state index in [1.807, 2.05) is 45.0 Å². The van der Waals surface area contributed by atoms with E-state index in [2.05, 4.69) is 0 Å². The first-order chi connectivity index (χ1) is 8.34. The van der Waals surface area contributed by atoms with Gasteiger partial charge >= 0.3 is 6.09 Å². The molecule has 0 unspecified atom stereocenters. The Kier molecular flexibility index (Phi) is 4.73. The number of carbonyl (C=O) groups is 1. The van der Waals surface area contributed by atoms with Crippen LogP contribution in [0.15, 0.2) is 24.3 Å². The molecule has 0 radical (unpaired) electrons. The molecule has 0 aromatic heterocycles. The average molecular weight is 251 g/mol. The zero-order valence-electron chi connectivity index (χ0n) is 11.2. The number of aliphatic hydroxyl groups excluding tert-OH is 1. The van der Waals surface area contributed by atoms with Gasteiger partial charge in [-0.1, -0.05) is 24.3 Å². The highest BCUT2D eigenvalue weighted by molar-refractivity contribution is 5.66. The molecule has 0 aliphatic rings. The molecular formula is C14H21NO3. The second kappa shape index (κ2) is 5.87. The Morgan fingerprint density at radius 2 is 1.89 bits per heavy atom. The molecule has 18 heavy (non-hydrogen) atoms. The van der Waals surface area contributed by atoms with E-state index in [1.165, 1.54) is 4.90 Å². The number of benzene rings is 1. The topological polar surface area (TPSA) is 60.8 Å². The average Bonchev–Trinajstić information content (AvgIpc) is 2.27. The lowest BCUT2D eigenvalue weighted by molar-refractivity contribution is 0.101. The summed E-state index contributed by atoms with van der Waals surface area (Å²) >= 11 is 0. The predicted octanol–water partition coefficient (Wildman–Crippen LogP) is 2.50. The van der Waals surface area contributed by atoms with Gasteiger partial charge in [-0.3, -0.25) is 0 Å². The summed E-state index contributed by atoms with van der Waals surface area (Å²) in [4.78, 5) is 12.6. The van der Waals surface area contributed by atoms with E-state index in [4.69, 9.17) is 5.11 Å². The lowest BCUT2D eigenvalue weighted by atomic mass is 10.0. The molecule has 0 heterocycles. The van der Waals surface area contributed by atoms with E-state index < -0.39 is 11.6 Å². The van der Waals surface area contributed by atoms with Crippen LogP contribution in [0.2, 0.25) is 0 Å². The lowest BCUT2D eigenvalue weighted by Gasteiger charge is -2.33. The maximum atomic E-state index is 11.2. The number of nitrogens with zero attached hydrogens (tertiary/aromatic N) is 1. The molecule has 0 aliphatic heterocycles. The Bertz CT molecular complexity index is 410. The van der Waals surface area contributed by atoms with E-state index in [9.17, 15) is 9.90 Å². The third-order valence-corrected chi connectivity index (χ3v) is 2.84. The number of rotatable bonds is 4. The standard InChI is InChI=1S/C14H21NO3/c1-14(2,3)15(13(17)18)8-7-11-5-4-6-12(9-11)10-16/h4-6,9,16H,7-8,10H2,1-3H3,(H,17,18). The lowest BCUT2D eigenvalue weighted by Crippen LogP contribution is -2.45. The maximum Gasteiger partial charge on any atom is 0.407 e. The van der Waals surface area contributed by atoms with Gasteiger partial charge in [-0.05, 0) is 38.3 Å². The van der Waals surface area contributed by atoms with Crippen LogP contribution in [0.4, 0.5) is 4.79 Å². The summed E-state index contributed by atoms with van der Waals surface area (Å²) in [5.74, 6) is 0. The first-order valence-electron chi connectivity index (χ1n) is 6.04. The van der Waals surface area contributed by atoms with Crippen molar-refractivity contribution in [2.75, 3.05) is 6.54 Å². The molecule has 0 spiro atoms. The third kappa shape index (κ3) is 4.04. The highest BCUT2D eigenvalue weighted by Crippen LogP contribution is 2.15. The molecule has 1 aromatic carbocycles. The van der Waals surface area contributed by atoms with Crippen molar-refractivity contribution in [3.8, 4) is 0 Å². The molecule has 4 heteroatoms. The van der Waals surface area contributed by atoms with Crippen molar-refractivity contribution in [2.45, 2.75) is 39.3 Å². The normalized spacial score (nSPS) is 11.3. The van der Waals surface area contributed by atoms with Crippen molar-refractivity contribution >= 4 is 6.09 Å². The monoisotopic (exact) mass is 251 g/mol. The minimum absolute atomic E-state index is 0.00968. The summed E-state index contributed by atoms with van der Waals surface area (Å²) < 4.78 is 0. The minimum atomic E-state index is -0.902. The van der Waals surface area contributed by atoms with Gasteiger partial charge in [-0.25, -0.2) is 4.79 Å². The molecule has 0 saturated heterocycles. The zero-order chi connectivity index (χ0) is 13.8. The Morgan fingerprint density at radius 3 is 2.39 bits per heavy atom. The van der Waals surface area contributed by atoms with Gasteiger partial charge in [0.05, 0.1) is 6.61 Å². The minimum Gasteiger partial charge on any atom is -0.465 e. The Balaban J connectivity index is 2.70. The van der Waals surface area contributed by atoms with Gasteiger partial charge in [0.1, 0.15) is 0 Å². The van der Waals surface area contributed by atoms with Crippen LogP contribution in [0, 0.1) is 0 Å². The third-order valence-electron chi connectivity index (χ3n) is 2.84. The fourth-order valence-corrected chi connectivity index (χ4v) is 1.84. The zero-order valence-corrected chi connectivity index (χ0v) is 11.2. The quantitative estimate of drug-likeness (QED) is 0.864. The molecule has 2 N–H and O–H groups in total. The number of carboxylic acid groups (broad SMARTS) is 1. The first-order valence-corrected chi connectivity index (χ1v) is 6.04. The van der Waals surface area contributed by atoms with Gasteiger partial charge in [0.25, 0.3) is 0 Å². The van der Waals surface area contributed by atoms with Crippen molar-refractivity contribution in [1.29, 1.82) is 0 Å². The van der Waals surface area contributed by atoms with Gasteiger partial charge in [0, 0.05) is 12.1 Å². The molecule has 4 nitrogen and oxygen atoms in total. The Morgan fingerprint density at radius 1 is 1.28 bits per heavy atom. The van der Waals surface area contributed by atoms with E-state index in [0.29, 0.717) is 13.0 Å². The van der Waals surface area contributed by atoms with Crippen LogP contribution in [0.25, 0.3) is 0 Å². The molecule has 100 valence electrons. The highest BCUT2D eigenvalue weighted by Gasteiger charge is 2.25. The summed E-state index contributed by atoms with van der Waals surface area (Å²) in [5.41, 5.74) is 1.49. The molecule has 0 saturated carbocycles. The van der Waals surface area contributed by atoms with E-state index >= 15 is 0 Å². The van der Waals surface area contributed by atoms with Crippen LogP contribution in [-0.2, 0) is 13.0 Å². The van der Waals surface area contributed by atoms with Crippen LogP contribution in [0.1, 0.15) is 31.9 Å². The number of hydrogen-bond acceptors (Lipinski definition) is 2. The number of hydrogen-bond donors (Lipinski definition) is 2. The summed E-state index contributed by atoms with van der Waals surface area (Å²) in [6.07, 6.45) is -0.252. The summed E-state index contributed by atoms with van der Waals surface area (Å²) in [7, 11) is 0. The van der Waals surface area contributed by atoms with Gasteiger partial charge in [-0.2, -0.15) is 0 Å². The van der Waals surface area contributed by atoms with Gasteiger partial charge in [-0.15, -0.1) is 0 Å². The van der Waals surface area contributed by atoms with Crippen LogP contribution < -0.4 is 0 Å². The Hall–Kier alpha value is -1.55. The van der Waals surface area contributed by atoms with Crippen LogP contribution in [0.5, 0.6) is 0 Å². The highest BCUT2D eigenvalue weighted by atomic mass is 16.4. The van der Waals surface area contributed by atoms with Crippen molar-refractivity contribution in [2.24, 2.45) is 0 Å². The van der Waals surface area contributed by atoms with Crippen molar-refractivity contribution < 1.29 is 15.0 Å². The second-order valence-corrected chi connectivity index (χ2v) is 5.33. The first kappa shape index (κ1) is 14.5. The van der Waals surface area contributed by atoms with Gasteiger partial charge < -0.3 is 15.1 Å². The van der Waals surface area contributed by atoms with Crippen LogP contribution >= 0.6 is 0 Å². The van der Waals surface area contributed by atoms with Gasteiger partial charge in [0.15, 0.2) is 0 Å².